The molecule has 20 heavy (non-hydrogen) atoms. The molecule has 8 heteroatoms. The number of non-ortho nitro benzene ring substituents is 1. The maximum atomic E-state index is 10.7. The van der Waals surface area contributed by atoms with Crippen LogP contribution in [0.1, 0.15) is 11.4 Å². The van der Waals surface area contributed by atoms with Gasteiger partial charge in [-0.1, -0.05) is 6.07 Å². The van der Waals surface area contributed by atoms with Crippen LogP contribution < -0.4 is 16.0 Å². The molecule has 1 heterocycles. The Labute approximate surface area is 114 Å². The molecule has 0 amide bonds. The van der Waals surface area contributed by atoms with Crippen LogP contribution in [-0.2, 0) is 0 Å². The van der Waals surface area contributed by atoms with Crippen LogP contribution in [0.2, 0.25) is 0 Å². The predicted molar refractivity (Wildman–Crippen MR) is 72.5 cm³/mol. The number of nitrogens with two attached hydrogens (primary N) is 1. The first-order valence-electron chi connectivity index (χ1n) is 5.75. The van der Waals surface area contributed by atoms with Crippen molar-refractivity contribution < 1.29 is 9.66 Å². The lowest BCUT2D eigenvalue weighted by molar-refractivity contribution is -0.384. The molecule has 0 saturated carbocycles. The van der Waals surface area contributed by atoms with Gasteiger partial charge in [-0.05, 0) is 19.9 Å². The van der Waals surface area contributed by atoms with Crippen LogP contribution in [0.3, 0.4) is 0 Å². The van der Waals surface area contributed by atoms with E-state index in [-0.39, 0.29) is 5.69 Å². The number of nitro benzene ring substituents is 1. The Morgan fingerprint density at radius 2 is 2.10 bits per heavy atom. The highest BCUT2D eigenvalue weighted by atomic mass is 16.6. The van der Waals surface area contributed by atoms with Gasteiger partial charge in [-0.3, -0.25) is 10.1 Å². The maximum absolute atomic E-state index is 10.7. The van der Waals surface area contributed by atoms with Gasteiger partial charge >= 0.3 is 0 Å². The summed E-state index contributed by atoms with van der Waals surface area (Å²) in [6.07, 6.45) is 0. The Balaban J connectivity index is 2.37. The number of hydrogen-bond donors (Lipinski definition) is 2. The zero-order valence-corrected chi connectivity index (χ0v) is 11.0. The number of rotatable bonds is 4. The van der Waals surface area contributed by atoms with Crippen LogP contribution >= 0.6 is 0 Å². The van der Waals surface area contributed by atoms with Crippen molar-refractivity contribution in [2.75, 3.05) is 5.43 Å². The lowest BCUT2D eigenvalue weighted by Gasteiger charge is -2.11. The Hall–Kier alpha value is -2.74. The van der Waals surface area contributed by atoms with E-state index < -0.39 is 4.92 Å². The van der Waals surface area contributed by atoms with Crippen molar-refractivity contribution in [1.82, 2.24) is 9.97 Å². The van der Waals surface area contributed by atoms with Crippen LogP contribution in [0, 0.1) is 24.0 Å². The number of nitrogens with one attached hydrogen (secondary N) is 1. The largest absolute Gasteiger partial charge is 0.438 e. The second-order valence-electron chi connectivity index (χ2n) is 4.05. The molecule has 0 bridgehead atoms. The van der Waals surface area contributed by atoms with E-state index in [1.807, 2.05) is 0 Å². The summed E-state index contributed by atoms with van der Waals surface area (Å²) in [6.45, 7) is 3.43. The van der Waals surface area contributed by atoms with Gasteiger partial charge in [-0.25, -0.2) is 10.8 Å². The number of nitrogen functional groups attached to an aromatic ring is 1. The number of nitro groups is 1. The number of benzene rings is 1. The van der Waals surface area contributed by atoms with Crippen molar-refractivity contribution in [2.24, 2.45) is 5.84 Å². The molecule has 0 saturated heterocycles. The lowest BCUT2D eigenvalue weighted by atomic mass is 10.3. The van der Waals surface area contributed by atoms with E-state index in [2.05, 4.69) is 15.4 Å². The molecule has 0 fully saturated rings. The fourth-order valence-electron chi connectivity index (χ4n) is 1.61. The third-order valence-corrected chi connectivity index (χ3v) is 2.59. The molecule has 0 spiro atoms. The fourth-order valence-corrected chi connectivity index (χ4v) is 1.61. The number of nitrogens with zero attached hydrogens (tertiary/aromatic N) is 3. The second kappa shape index (κ2) is 5.49. The highest BCUT2D eigenvalue weighted by Gasteiger charge is 2.12. The molecular formula is C12H13N5O3. The first kappa shape index (κ1) is 13.7. The molecule has 0 aliphatic rings. The second-order valence-corrected chi connectivity index (χ2v) is 4.05. The van der Waals surface area contributed by atoms with Gasteiger partial charge < -0.3 is 10.2 Å². The lowest BCUT2D eigenvalue weighted by Crippen LogP contribution is -2.12. The summed E-state index contributed by atoms with van der Waals surface area (Å²) < 4.78 is 5.57. The molecule has 2 aromatic rings. The molecule has 8 nitrogen and oxygen atoms in total. The van der Waals surface area contributed by atoms with E-state index in [1.54, 1.807) is 26.0 Å². The van der Waals surface area contributed by atoms with Crippen LogP contribution in [0.5, 0.6) is 11.6 Å². The standard InChI is InChI=1S/C12H13N5O3/c1-7-11(16-13)14-8(2)15-12(7)20-10-5-3-4-9(6-10)17(18)19/h3-6H,13H2,1-2H3,(H,14,15,16). The van der Waals surface area contributed by atoms with E-state index in [9.17, 15) is 10.1 Å². The minimum atomic E-state index is -0.488. The van der Waals surface area contributed by atoms with Crippen molar-refractivity contribution in [1.29, 1.82) is 0 Å². The number of ether oxygens (including phenoxy) is 1. The van der Waals surface area contributed by atoms with Gasteiger partial charge in [0.15, 0.2) is 0 Å². The molecule has 104 valence electrons. The third kappa shape index (κ3) is 2.81. The summed E-state index contributed by atoms with van der Waals surface area (Å²) in [5, 5.41) is 10.7. The Morgan fingerprint density at radius 1 is 1.35 bits per heavy atom. The zero-order chi connectivity index (χ0) is 14.7. The summed E-state index contributed by atoms with van der Waals surface area (Å²) in [4.78, 5) is 18.5. The number of aromatic nitrogens is 2. The van der Waals surface area contributed by atoms with Gasteiger partial charge in [-0.15, -0.1) is 0 Å². The monoisotopic (exact) mass is 275 g/mol. The van der Waals surface area contributed by atoms with Gasteiger partial charge in [0, 0.05) is 6.07 Å². The molecule has 0 unspecified atom stereocenters. The normalized spacial score (nSPS) is 10.2. The van der Waals surface area contributed by atoms with E-state index >= 15 is 0 Å². The van der Waals surface area contributed by atoms with Crippen LogP contribution in [0.15, 0.2) is 24.3 Å². The first-order valence-corrected chi connectivity index (χ1v) is 5.75. The summed E-state index contributed by atoms with van der Waals surface area (Å²) in [7, 11) is 0. The smallest absolute Gasteiger partial charge is 0.273 e. The number of anilines is 1. The summed E-state index contributed by atoms with van der Waals surface area (Å²) in [5.74, 6) is 6.90. The summed E-state index contributed by atoms with van der Waals surface area (Å²) in [5.41, 5.74) is 3.02. The quantitative estimate of drug-likeness (QED) is 0.498. The molecule has 3 N–H and O–H groups in total. The van der Waals surface area contributed by atoms with Crippen LogP contribution in [0.25, 0.3) is 0 Å². The maximum Gasteiger partial charge on any atom is 0.273 e. The predicted octanol–water partition coefficient (Wildman–Crippen LogP) is 2.08. The average molecular weight is 275 g/mol. The van der Waals surface area contributed by atoms with Gasteiger partial charge in [0.25, 0.3) is 5.69 Å². The highest BCUT2D eigenvalue weighted by Crippen LogP contribution is 2.28. The first-order chi connectivity index (χ1) is 9.51. The summed E-state index contributed by atoms with van der Waals surface area (Å²) >= 11 is 0. The molecule has 1 aromatic heterocycles. The van der Waals surface area contributed by atoms with Crippen molar-refractivity contribution in [3.63, 3.8) is 0 Å². The fraction of sp³-hybridized carbons (Fsp3) is 0.167. The molecule has 2 rings (SSSR count). The minimum absolute atomic E-state index is 0.0527. The Kier molecular flexibility index (Phi) is 3.76. The van der Waals surface area contributed by atoms with E-state index in [0.29, 0.717) is 28.8 Å². The number of hydrogen-bond acceptors (Lipinski definition) is 7. The van der Waals surface area contributed by atoms with E-state index in [0.717, 1.165) is 0 Å². The van der Waals surface area contributed by atoms with E-state index in [1.165, 1.54) is 12.1 Å². The van der Waals surface area contributed by atoms with Gasteiger partial charge in [0.1, 0.15) is 17.4 Å². The topological polar surface area (TPSA) is 116 Å². The Morgan fingerprint density at radius 3 is 2.75 bits per heavy atom. The minimum Gasteiger partial charge on any atom is -0.438 e. The molecular weight excluding hydrogens is 262 g/mol. The average Bonchev–Trinajstić information content (AvgIpc) is 2.42. The number of hydrazine groups is 1. The summed E-state index contributed by atoms with van der Waals surface area (Å²) in [6, 6.07) is 5.86. The van der Waals surface area contributed by atoms with Crippen molar-refractivity contribution >= 4 is 11.5 Å². The van der Waals surface area contributed by atoms with Gasteiger partial charge in [0.2, 0.25) is 5.88 Å². The molecule has 0 radical (unpaired) electrons. The Bertz CT molecular complexity index is 660. The SMILES string of the molecule is Cc1nc(NN)c(C)c(Oc2cccc([N+](=O)[O-])c2)n1. The van der Waals surface area contributed by atoms with Crippen molar-refractivity contribution in [2.45, 2.75) is 13.8 Å². The van der Waals surface area contributed by atoms with Gasteiger partial charge in [0.05, 0.1) is 16.6 Å². The number of aryl methyl sites for hydroxylation is 1. The molecule has 0 atom stereocenters. The van der Waals surface area contributed by atoms with Crippen molar-refractivity contribution in [3.05, 3.63) is 45.8 Å². The molecule has 0 aliphatic carbocycles. The zero-order valence-electron chi connectivity index (χ0n) is 11.0. The van der Waals surface area contributed by atoms with Gasteiger partial charge in [-0.2, -0.15) is 4.98 Å². The van der Waals surface area contributed by atoms with E-state index in [4.69, 9.17) is 10.6 Å². The third-order valence-electron chi connectivity index (χ3n) is 2.59. The van der Waals surface area contributed by atoms with Crippen LogP contribution in [-0.4, -0.2) is 14.9 Å². The highest BCUT2D eigenvalue weighted by molar-refractivity contribution is 5.49. The van der Waals surface area contributed by atoms with Crippen LogP contribution in [0.4, 0.5) is 11.5 Å². The molecule has 1 aromatic carbocycles. The molecule has 0 aliphatic heterocycles. The van der Waals surface area contributed by atoms with Crippen molar-refractivity contribution in [3.8, 4) is 11.6 Å².